The molecular weight excluding hydrogens is 336 g/mol. The molecule has 27 heavy (non-hydrogen) atoms. The van der Waals surface area contributed by atoms with Crippen LogP contribution in [0.1, 0.15) is 37.4 Å². The zero-order valence-electron chi connectivity index (χ0n) is 15.3. The summed E-state index contributed by atoms with van der Waals surface area (Å²) in [6.45, 7) is 4.59. The van der Waals surface area contributed by atoms with Crippen LogP contribution in [0.2, 0.25) is 0 Å². The molecule has 0 unspecified atom stereocenters. The van der Waals surface area contributed by atoms with Gasteiger partial charge in [0.2, 0.25) is 0 Å². The summed E-state index contributed by atoms with van der Waals surface area (Å²) in [5.41, 5.74) is 7.06. The molecule has 0 radical (unpaired) electrons. The quantitative estimate of drug-likeness (QED) is 0.728. The summed E-state index contributed by atoms with van der Waals surface area (Å²) >= 11 is 0. The van der Waals surface area contributed by atoms with Crippen LogP contribution >= 0.6 is 0 Å². The van der Waals surface area contributed by atoms with Crippen molar-refractivity contribution >= 4 is 17.5 Å². The van der Waals surface area contributed by atoms with Crippen LogP contribution in [-0.4, -0.2) is 11.8 Å². The summed E-state index contributed by atoms with van der Waals surface area (Å²) < 4.78 is 0. The van der Waals surface area contributed by atoms with Crippen LogP contribution in [0.15, 0.2) is 60.7 Å². The Bertz CT molecular complexity index is 1060. The summed E-state index contributed by atoms with van der Waals surface area (Å²) in [6, 6.07) is 19.1. The second-order valence-corrected chi connectivity index (χ2v) is 6.84. The zero-order chi connectivity index (χ0) is 19.0. The third-order valence-corrected chi connectivity index (χ3v) is 4.93. The molecule has 134 valence electrons. The van der Waals surface area contributed by atoms with E-state index in [4.69, 9.17) is 0 Å². The number of rotatable bonds is 3. The molecule has 0 aliphatic carbocycles. The van der Waals surface area contributed by atoms with Gasteiger partial charge >= 0.3 is 0 Å². The standard InChI is InChI=1S/C23H20N2O2/c1-14-8-9-15(2)18(12-14)17-10-11-20(21-19(17)13-24-23(21)27)25-22(26)16-6-4-3-5-7-16/h3-12H,13H2,1-2H3,(H,24,27)(H,25,26). The SMILES string of the molecule is Cc1ccc(C)c(-c2ccc(NC(=O)c3ccccc3)c3c2CNC3=O)c1. The van der Waals surface area contributed by atoms with Crippen molar-refractivity contribution in [3.8, 4) is 11.1 Å². The first kappa shape index (κ1) is 17.0. The summed E-state index contributed by atoms with van der Waals surface area (Å²) in [6.07, 6.45) is 0. The molecule has 0 fully saturated rings. The molecule has 0 aromatic heterocycles. The number of benzene rings is 3. The second-order valence-electron chi connectivity index (χ2n) is 6.84. The fourth-order valence-corrected chi connectivity index (χ4v) is 3.51. The van der Waals surface area contributed by atoms with Gasteiger partial charge in [-0.2, -0.15) is 0 Å². The fourth-order valence-electron chi connectivity index (χ4n) is 3.51. The lowest BCUT2D eigenvalue weighted by Gasteiger charge is -2.15. The predicted molar refractivity (Wildman–Crippen MR) is 107 cm³/mol. The number of fused-ring (bicyclic) bond motifs is 1. The molecule has 1 aliphatic rings. The number of anilines is 1. The smallest absolute Gasteiger partial charge is 0.255 e. The molecule has 1 heterocycles. The summed E-state index contributed by atoms with van der Waals surface area (Å²) in [7, 11) is 0. The van der Waals surface area contributed by atoms with Gasteiger partial charge < -0.3 is 10.6 Å². The molecule has 0 saturated heterocycles. The van der Waals surface area contributed by atoms with E-state index < -0.39 is 0 Å². The number of carbonyl (C=O) groups is 2. The minimum absolute atomic E-state index is 0.152. The van der Waals surface area contributed by atoms with Crippen LogP contribution in [0.3, 0.4) is 0 Å². The van der Waals surface area contributed by atoms with Crippen LogP contribution in [0.25, 0.3) is 11.1 Å². The highest BCUT2D eigenvalue weighted by molar-refractivity contribution is 6.11. The van der Waals surface area contributed by atoms with Gasteiger partial charge in [0.1, 0.15) is 0 Å². The fraction of sp³-hybridized carbons (Fsp3) is 0.130. The van der Waals surface area contributed by atoms with Gasteiger partial charge in [-0.15, -0.1) is 0 Å². The molecule has 4 heteroatoms. The van der Waals surface area contributed by atoms with Gasteiger partial charge in [0.25, 0.3) is 11.8 Å². The van der Waals surface area contributed by atoms with E-state index in [9.17, 15) is 9.59 Å². The normalized spacial score (nSPS) is 12.4. The first-order valence-electron chi connectivity index (χ1n) is 8.92. The van der Waals surface area contributed by atoms with E-state index in [1.807, 2.05) is 30.3 Å². The van der Waals surface area contributed by atoms with E-state index in [2.05, 4.69) is 42.7 Å². The maximum atomic E-state index is 12.5. The number of aryl methyl sites for hydroxylation is 2. The monoisotopic (exact) mass is 356 g/mol. The van der Waals surface area contributed by atoms with Gasteiger partial charge in [-0.1, -0.05) is 48.0 Å². The third kappa shape index (κ3) is 3.10. The lowest BCUT2D eigenvalue weighted by atomic mass is 9.92. The Kier molecular flexibility index (Phi) is 4.24. The maximum absolute atomic E-state index is 12.5. The van der Waals surface area contributed by atoms with Gasteiger partial charge in [0.15, 0.2) is 0 Å². The molecule has 3 aromatic carbocycles. The van der Waals surface area contributed by atoms with E-state index in [1.165, 1.54) is 5.56 Å². The third-order valence-electron chi connectivity index (χ3n) is 4.93. The first-order valence-corrected chi connectivity index (χ1v) is 8.92. The van der Waals surface area contributed by atoms with Crippen LogP contribution in [0.5, 0.6) is 0 Å². The molecule has 2 amide bonds. The molecule has 2 N–H and O–H groups in total. The van der Waals surface area contributed by atoms with Crippen molar-refractivity contribution in [2.24, 2.45) is 0 Å². The topological polar surface area (TPSA) is 58.2 Å². The highest BCUT2D eigenvalue weighted by Crippen LogP contribution is 2.36. The summed E-state index contributed by atoms with van der Waals surface area (Å²) in [5, 5.41) is 5.79. The summed E-state index contributed by atoms with van der Waals surface area (Å²) in [5.74, 6) is -0.377. The average molecular weight is 356 g/mol. The molecule has 0 saturated carbocycles. The van der Waals surface area contributed by atoms with Crippen LogP contribution in [0, 0.1) is 13.8 Å². The summed E-state index contributed by atoms with van der Waals surface area (Å²) in [4.78, 5) is 25.0. The largest absolute Gasteiger partial charge is 0.348 e. The molecular formula is C23H20N2O2. The zero-order valence-corrected chi connectivity index (χ0v) is 15.3. The Morgan fingerprint density at radius 3 is 2.52 bits per heavy atom. The Labute approximate surface area is 158 Å². The molecule has 4 nitrogen and oxygen atoms in total. The lowest BCUT2D eigenvalue weighted by Crippen LogP contribution is -2.17. The molecule has 0 bridgehead atoms. The van der Waals surface area contributed by atoms with Crippen LogP contribution in [-0.2, 0) is 6.54 Å². The number of carbonyl (C=O) groups excluding carboxylic acids is 2. The van der Waals surface area contributed by atoms with Gasteiger partial charge in [-0.25, -0.2) is 0 Å². The van der Waals surface area contributed by atoms with Gasteiger partial charge in [0.05, 0.1) is 11.3 Å². The van der Waals surface area contributed by atoms with Gasteiger partial charge in [-0.3, -0.25) is 9.59 Å². The average Bonchev–Trinajstić information content (AvgIpc) is 3.07. The van der Waals surface area contributed by atoms with Crippen molar-refractivity contribution in [3.05, 3.63) is 88.5 Å². The molecule has 0 spiro atoms. The van der Waals surface area contributed by atoms with E-state index in [1.54, 1.807) is 12.1 Å². The Hall–Kier alpha value is -3.40. The van der Waals surface area contributed by atoms with Crippen LogP contribution < -0.4 is 10.6 Å². The Balaban J connectivity index is 1.78. The Morgan fingerprint density at radius 1 is 0.963 bits per heavy atom. The van der Waals surface area contributed by atoms with Crippen molar-refractivity contribution in [1.29, 1.82) is 0 Å². The maximum Gasteiger partial charge on any atom is 0.255 e. The van der Waals surface area contributed by atoms with Crippen molar-refractivity contribution in [3.63, 3.8) is 0 Å². The van der Waals surface area contributed by atoms with Crippen LogP contribution in [0.4, 0.5) is 5.69 Å². The number of amides is 2. The van der Waals surface area contributed by atoms with Gasteiger partial charge in [-0.05, 0) is 54.3 Å². The minimum Gasteiger partial charge on any atom is -0.348 e. The molecule has 1 aliphatic heterocycles. The molecule has 4 rings (SSSR count). The highest BCUT2D eigenvalue weighted by atomic mass is 16.2. The molecule has 0 atom stereocenters. The van der Waals surface area contributed by atoms with Crippen molar-refractivity contribution in [1.82, 2.24) is 5.32 Å². The first-order chi connectivity index (χ1) is 13.0. The number of hydrogen-bond acceptors (Lipinski definition) is 2. The molecule has 3 aromatic rings. The Morgan fingerprint density at radius 2 is 1.74 bits per heavy atom. The van der Waals surface area contributed by atoms with Gasteiger partial charge in [0, 0.05) is 12.1 Å². The van der Waals surface area contributed by atoms with E-state index in [-0.39, 0.29) is 11.8 Å². The lowest BCUT2D eigenvalue weighted by molar-refractivity contribution is 0.0966. The van der Waals surface area contributed by atoms with Crippen molar-refractivity contribution in [2.75, 3.05) is 5.32 Å². The minimum atomic E-state index is -0.225. The number of nitrogens with one attached hydrogen (secondary N) is 2. The highest BCUT2D eigenvalue weighted by Gasteiger charge is 2.27. The second kappa shape index (κ2) is 6.72. The van der Waals surface area contributed by atoms with E-state index in [0.717, 1.165) is 22.3 Å². The van der Waals surface area contributed by atoms with Crippen molar-refractivity contribution < 1.29 is 9.59 Å². The van der Waals surface area contributed by atoms with E-state index >= 15 is 0 Å². The van der Waals surface area contributed by atoms with E-state index in [0.29, 0.717) is 23.4 Å². The number of hydrogen-bond donors (Lipinski definition) is 2. The van der Waals surface area contributed by atoms with Crippen molar-refractivity contribution in [2.45, 2.75) is 20.4 Å². The predicted octanol–water partition coefficient (Wildman–Crippen LogP) is 4.47.